The highest BCUT2D eigenvalue weighted by Crippen LogP contribution is 2.42. The molecule has 11 heteroatoms. The Morgan fingerprint density at radius 3 is 2.71 bits per heavy atom. The van der Waals surface area contributed by atoms with E-state index in [1.807, 2.05) is 0 Å². The monoisotopic (exact) mass is 564 g/mol. The van der Waals surface area contributed by atoms with Crippen LogP contribution in [0.5, 0.6) is 11.5 Å². The number of benzene rings is 2. The van der Waals surface area contributed by atoms with Crippen LogP contribution in [0.1, 0.15) is 12.8 Å². The summed E-state index contributed by atoms with van der Waals surface area (Å²) in [4.78, 5) is 21.5. The summed E-state index contributed by atoms with van der Waals surface area (Å²) in [5, 5.41) is 12.8. The number of nitrogens with one attached hydrogen (secondary N) is 1. The van der Waals surface area contributed by atoms with Gasteiger partial charge in [0, 0.05) is 35.2 Å². The first-order valence-corrected chi connectivity index (χ1v) is 12.4. The number of likely N-dealkylation sites (tertiary alicyclic amines) is 1. The summed E-state index contributed by atoms with van der Waals surface area (Å²) in [6, 6.07) is 6.78. The molecule has 1 saturated carbocycles. The third-order valence-electron chi connectivity index (χ3n) is 6.74. The van der Waals surface area contributed by atoms with Gasteiger partial charge in [0.15, 0.2) is 17.3 Å². The van der Waals surface area contributed by atoms with Crippen LogP contribution >= 0.6 is 27.5 Å². The van der Waals surface area contributed by atoms with E-state index in [9.17, 15) is 14.3 Å². The minimum Gasteiger partial charge on any atom is -0.493 e. The lowest BCUT2D eigenvalue weighted by molar-refractivity contribution is 0.149. The Morgan fingerprint density at radius 2 is 2.03 bits per heavy atom. The van der Waals surface area contributed by atoms with E-state index in [-0.39, 0.29) is 16.7 Å². The lowest BCUT2D eigenvalue weighted by atomic mass is 10.0. The first-order valence-electron chi connectivity index (χ1n) is 11.2. The maximum absolute atomic E-state index is 14.5. The van der Waals surface area contributed by atoms with Crippen molar-refractivity contribution in [2.45, 2.75) is 12.8 Å². The van der Waals surface area contributed by atoms with Crippen molar-refractivity contribution in [3.63, 3.8) is 0 Å². The first-order chi connectivity index (χ1) is 16.8. The molecule has 0 bridgehead atoms. The van der Waals surface area contributed by atoms with Crippen LogP contribution in [0.25, 0.3) is 10.9 Å². The summed E-state index contributed by atoms with van der Waals surface area (Å²) in [5.41, 5.74) is 0.776. The van der Waals surface area contributed by atoms with Gasteiger partial charge in [0.05, 0.1) is 29.9 Å². The van der Waals surface area contributed by atoms with Crippen molar-refractivity contribution in [2.24, 2.45) is 17.8 Å². The summed E-state index contributed by atoms with van der Waals surface area (Å²) >= 11 is 9.18. The van der Waals surface area contributed by atoms with Crippen molar-refractivity contribution < 1.29 is 23.8 Å². The van der Waals surface area contributed by atoms with E-state index >= 15 is 0 Å². The van der Waals surface area contributed by atoms with Gasteiger partial charge in [-0.1, -0.05) is 11.6 Å². The second kappa shape index (κ2) is 9.66. The van der Waals surface area contributed by atoms with E-state index in [0.29, 0.717) is 58.9 Å². The van der Waals surface area contributed by atoms with Crippen molar-refractivity contribution in [1.82, 2.24) is 14.9 Å². The Hall–Kier alpha value is -2.85. The highest BCUT2D eigenvalue weighted by molar-refractivity contribution is 9.10. The van der Waals surface area contributed by atoms with Crippen LogP contribution in [-0.2, 0) is 0 Å². The third-order valence-corrected chi connectivity index (χ3v) is 8.00. The number of carbonyl (C=O) groups is 1. The zero-order chi connectivity index (χ0) is 24.7. The van der Waals surface area contributed by atoms with Crippen LogP contribution in [0, 0.1) is 23.6 Å². The lowest BCUT2D eigenvalue weighted by Gasteiger charge is -2.18. The number of halogens is 3. The minimum absolute atomic E-state index is 0.0251. The Kier molecular flexibility index (Phi) is 6.59. The summed E-state index contributed by atoms with van der Waals surface area (Å²) < 4.78 is 26.6. The highest BCUT2D eigenvalue weighted by Gasteiger charge is 2.42. The van der Waals surface area contributed by atoms with Gasteiger partial charge in [-0.2, -0.15) is 0 Å². The molecule has 2 aromatic carbocycles. The van der Waals surface area contributed by atoms with E-state index < -0.39 is 11.9 Å². The number of aromatic nitrogens is 2. The van der Waals surface area contributed by atoms with Gasteiger partial charge in [-0.05, 0) is 64.7 Å². The van der Waals surface area contributed by atoms with Crippen molar-refractivity contribution in [3.05, 3.63) is 45.8 Å². The van der Waals surface area contributed by atoms with Gasteiger partial charge in [0.1, 0.15) is 0 Å². The van der Waals surface area contributed by atoms with Gasteiger partial charge in [-0.25, -0.2) is 19.2 Å². The average molecular weight is 566 g/mol. The molecule has 184 valence electrons. The first kappa shape index (κ1) is 23.9. The number of methoxy groups -OCH3 is 1. The van der Waals surface area contributed by atoms with Crippen molar-refractivity contribution in [1.29, 1.82) is 0 Å². The van der Waals surface area contributed by atoms with E-state index in [2.05, 4.69) is 31.2 Å². The molecule has 1 aliphatic carbocycles. The predicted molar refractivity (Wildman–Crippen MR) is 133 cm³/mol. The standard InChI is InChI=1S/C24H23BrClFN4O4/c1-34-19-6-13-8-28-23(29-17-3-2-16(25)21(26)22(17)27)30-18(13)7-20(19)35-11-12-4-14-9-31(24(32)33)10-15(14)5-12/h2-3,6-8,12,14-15H,4-5,9-11H2,1H3,(H,32,33)(H,28,29,30)/t12?,14-,15+. The molecule has 1 unspecified atom stereocenters. The van der Waals surface area contributed by atoms with Crippen LogP contribution in [-0.4, -0.2) is 52.9 Å². The summed E-state index contributed by atoms with van der Waals surface area (Å²) in [5.74, 6) is 1.90. The van der Waals surface area contributed by atoms with Gasteiger partial charge in [-0.15, -0.1) is 0 Å². The lowest BCUT2D eigenvalue weighted by Crippen LogP contribution is -2.28. The van der Waals surface area contributed by atoms with Gasteiger partial charge in [0.2, 0.25) is 5.95 Å². The Balaban J connectivity index is 1.31. The Bertz CT molecular complexity index is 1280. The Morgan fingerprint density at radius 1 is 1.29 bits per heavy atom. The molecule has 8 nitrogen and oxygen atoms in total. The molecule has 2 aliphatic rings. The molecule has 2 heterocycles. The SMILES string of the molecule is COc1cc2cnc(Nc3ccc(Br)c(Cl)c3F)nc2cc1OCC1C[C@@H]2CN(C(=O)O)C[C@@H]2C1. The number of hydrogen-bond acceptors (Lipinski definition) is 6. The van der Waals surface area contributed by atoms with Gasteiger partial charge >= 0.3 is 6.09 Å². The minimum atomic E-state index is -0.838. The number of hydrogen-bond donors (Lipinski definition) is 2. The van der Waals surface area contributed by atoms with E-state index in [4.69, 9.17) is 21.1 Å². The summed E-state index contributed by atoms with van der Waals surface area (Å²) in [7, 11) is 1.57. The van der Waals surface area contributed by atoms with E-state index in [0.717, 1.165) is 18.2 Å². The number of fused-ring (bicyclic) bond motifs is 2. The van der Waals surface area contributed by atoms with Crippen molar-refractivity contribution in [3.8, 4) is 11.5 Å². The van der Waals surface area contributed by atoms with Gasteiger partial charge in [-0.3, -0.25) is 0 Å². The van der Waals surface area contributed by atoms with Gasteiger partial charge in [0.25, 0.3) is 0 Å². The predicted octanol–water partition coefficient (Wildman–Crippen LogP) is 5.95. The van der Waals surface area contributed by atoms with Gasteiger partial charge < -0.3 is 24.8 Å². The maximum atomic E-state index is 14.5. The molecule has 2 fully saturated rings. The average Bonchev–Trinajstić information content (AvgIpc) is 3.42. The molecule has 1 saturated heterocycles. The zero-order valence-corrected chi connectivity index (χ0v) is 21.1. The maximum Gasteiger partial charge on any atom is 0.407 e. The molecule has 35 heavy (non-hydrogen) atoms. The normalized spacial score (nSPS) is 21.3. The van der Waals surface area contributed by atoms with Crippen LogP contribution < -0.4 is 14.8 Å². The molecule has 1 amide bonds. The summed E-state index contributed by atoms with van der Waals surface area (Å²) in [6.45, 7) is 1.72. The second-order valence-electron chi connectivity index (χ2n) is 8.96. The number of nitrogens with zero attached hydrogens (tertiary/aromatic N) is 3. The molecule has 2 N–H and O–H groups in total. The molecule has 3 aromatic rings. The number of ether oxygens (including phenoxy) is 2. The molecule has 0 radical (unpaired) electrons. The number of rotatable bonds is 6. The molecular formula is C24H23BrClFN4O4. The van der Waals surface area contributed by atoms with Crippen LogP contribution in [0.2, 0.25) is 5.02 Å². The van der Waals surface area contributed by atoms with Crippen LogP contribution in [0.15, 0.2) is 34.9 Å². The second-order valence-corrected chi connectivity index (χ2v) is 10.2. The molecule has 0 spiro atoms. The van der Waals surface area contributed by atoms with Crippen LogP contribution in [0.4, 0.5) is 20.8 Å². The molecule has 5 rings (SSSR count). The fourth-order valence-electron chi connectivity index (χ4n) is 5.04. The smallest absolute Gasteiger partial charge is 0.407 e. The van der Waals surface area contributed by atoms with Crippen molar-refractivity contribution in [2.75, 3.05) is 32.1 Å². The van der Waals surface area contributed by atoms with E-state index in [1.165, 1.54) is 4.90 Å². The quantitative estimate of drug-likeness (QED) is 0.356. The molecule has 1 aromatic heterocycles. The molecular weight excluding hydrogens is 543 g/mol. The fraction of sp³-hybridized carbons (Fsp3) is 0.375. The number of anilines is 2. The largest absolute Gasteiger partial charge is 0.493 e. The van der Waals surface area contributed by atoms with E-state index in [1.54, 1.807) is 37.6 Å². The van der Waals surface area contributed by atoms with Crippen molar-refractivity contribution >= 4 is 56.2 Å². The highest BCUT2D eigenvalue weighted by atomic mass is 79.9. The zero-order valence-electron chi connectivity index (χ0n) is 18.8. The molecule has 1 aliphatic heterocycles. The number of carboxylic acid groups (broad SMARTS) is 1. The fourth-order valence-corrected chi connectivity index (χ4v) is 5.51. The number of amides is 1. The third kappa shape index (κ3) is 4.81. The topological polar surface area (TPSA) is 96.8 Å². The molecule has 3 atom stereocenters. The summed E-state index contributed by atoms with van der Waals surface area (Å²) in [6.07, 6.45) is 2.68. The Labute approximate surface area is 214 Å². The van der Waals surface area contributed by atoms with Crippen LogP contribution in [0.3, 0.4) is 0 Å².